The Kier molecular flexibility index (Phi) is 7.92. The van der Waals surface area contributed by atoms with E-state index in [9.17, 15) is 9.18 Å². The summed E-state index contributed by atoms with van der Waals surface area (Å²) >= 11 is 0. The number of hydrogen-bond acceptors (Lipinski definition) is 5. The zero-order valence-electron chi connectivity index (χ0n) is 18.4. The summed E-state index contributed by atoms with van der Waals surface area (Å²) in [4.78, 5) is 23.5. The van der Waals surface area contributed by atoms with E-state index in [4.69, 9.17) is 11.5 Å². The quantitative estimate of drug-likeness (QED) is 0.554. The van der Waals surface area contributed by atoms with Crippen LogP contribution in [0.3, 0.4) is 0 Å². The maximum Gasteiger partial charge on any atom is 0.270 e. The van der Waals surface area contributed by atoms with E-state index >= 15 is 0 Å². The van der Waals surface area contributed by atoms with Crippen LogP contribution in [0.1, 0.15) is 45.6 Å². The zero-order chi connectivity index (χ0) is 22.4. The van der Waals surface area contributed by atoms with E-state index in [1.807, 2.05) is 13.8 Å². The molecule has 4 N–H and O–H groups in total. The molecule has 30 heavy (non-hydrogen) atoms. The summed E-state index contributed by atoms with van der Waals surface area (Å²) in [5.74, 6) is -0.535. The molecule has 1 aromatic rings. The number of halogens is 1. The first-order valence-corrected chi connectivity index (χ1v) is 10.2. The molecule has 7 heteroatoms. The van der Waals surface area contributed by atoms with Crippen LogP contribution in [0.25, 0.3) is 0 Å². The fourth-order valence-electron chi connectivity index (χ4n) is 3.97. The van der Waals surface area contributed by atoms with E-state index in [1.54, 1.807) is 44.3 Å². The lowest BCUT2D eigenvalue weighted by molar-refractivity contribution is -0.132. The van der Waals surface area contributed by atoms with Crippen LogP contribution in [0.5, 0.6) is 0 Å². The van der Waals surface area contributed by atoms with Gasteiger partial charge in [-0.3, -0.25) is 14.8 Å². The molecule has 0 saturated carbocycles. The molecule has 2 unspecified atom stereocenters. The van der Waals surface area contributed by atoms with Crippen molar-refractivity contribution in [1.82, 2.24) is 4.90 Å². The average molecular weight is 414 g/mol. The smallest absolute Gasteiger partial charge is 0.270 e. The van der Waals surface area contributed by atoms with Crippen molar-refractivity contribution in [3.63, 3.8) is 0 Å². The standard InChI is InChI=1S/C23H32FN5O/c1-6-17-12-18(22(28-5)15-8-10-16(24)11-9-15)21(26)19(7-2)29(17)23(30)20(25)14(3)13-27-4/h8-11,13,17,19H,6-7,12,25-26H2,1-5H3. The summed E-state index contributed by atoms with van der Waals surface area (Å²) in [5, 5.41) is 0. The number of nitrogens with two attached hydrogens (primary N) is 2. The van der Waals surface area contributed by atoms with Crippen LogP contribution in [0, 0.1) is 5.82 Å². The second kappa shape index (κ2) is 10.2. The van der Waals surface area contributed by atoms with Gasteiger partial charge in [0.05, 0.1) is 11.8 Å². The maximum atomic E-state index is 13.4. The lowest BCUT2D eigenvalue weighted by Crippen LogP contribution is -2.54. The number of amides is 1. The van der Waals surface area contributed by atoms with E-state index in [1.165, 1.54) is 12.1 Å². The zero-order valence-corrected chi connectivity index (χ0v) is 18.4. The van der Waals surface area contributed by atoms with Crippen LogP contribution in [0.4, 0.5) is 4.39 Å². The van der Waals surface area contributed by atoms with Gasteiger partial charge in [-0.15, -0.1) is 0 Å². The minimum atomic E-state index is -0.303. The van der Waals surface area contributed by atoms with Crippen LogP contribution < -0.4 is 11.5 Å². The van der Waals surface area contributed by atoms with Gasteiger partial charge < -0.3 is 16.4 Å². The van der Waals surface area contributed by atoms with E-state index in [0.29, 0.717) is 24.1 Å². The van der Waals surface area contributed by atoms with Crippen LogP contribution >= 0.6 is 0 Å². The van der Waals surface area contributed by atoms with Gasteiger partial charge in [0.2, 0.25) is 0 Å². The number of hydrogen-bond donors (Lipinski definition) is 2. The molecule has 1 aliphatic rings. The highest BCUT2D eigenvalue weighted by Gasteiger charge is 2.38. The molecule has 1 amide bonds. The van der Waals surface area contributed by atoms with E-state index in [0.717, 1.165) is 23.3 Å². The third kappa shape index (κ3) is 4.61. The minimum absolute atomic E-state index is 0.0770. The van der Waals surface area contributed by atoms with Gasteiger partial charge in [0, 0.05) is 43.2 Å². The summed E-state index contributed by atoms with van der Waals surface area (Å²) < 4.78 is 13.4. The van der Waals surface area contributed by atoms with E-state index in [2.05, 4.69) is 9.98 Å². The number of carbonyl (C=O) groups is 1. The van der Waals surface area contributed by atoms with Crippen molar-refractivity contribution in [2.24, 2.45) is 21.5 Å². The molecule has 0 fully saturated rings. The SMILES string of the molecule is CCC1CC(C(=NC)c2ccc(F)cc2)=C(N)C(CC)N1C(=O)C(N)=C(C)C=NC. The molecule has 1 aliphatic heterocycles. The van der Waals surface area contributed by atoms with Crippen molar-refractivity contribution < 1.29 is 9.18 Å². The maximum absolute atomic E-state index is 13.4. The molecule has 0 aliphatic carbocycles. The predicted octanol–water partition coefficient (Wildman–Crippen LogP) is 3.18. The van der Waals surface area contributed by atoms with Crippen molar-refractivity contribution >= 4 is 17.8 Å². The first-order chi connectivity index (χ1) is 14.3. The van der Waals surface area contributed by atoms with Crippen LogP contribution in [-0.4, -0.2) is 48.9 Å². The van der Waals surface area contributed by atoms with Crippen molar-refractivity contribution in [1.29, 1.82) is 0 Å². The second-order valence-corrected chi connectivity index (χ2v) is 7.40. The van der Waals surface area contributed by atoms with Gasteiger partial charge in [-0.1, -0.05) is 13.8 Å². The summed E-state index contributed by atoms with van der Waals surface area (Å²) in [6.07, 6.45) is 3.53. The highest BCUT2D eigenvalue weighted by atomic mass is 19.1. The second-order valence-electron chi connectivity index (χ2n) is 7.40. The summed E-state index contributed by atoms with van der Waals surface area (Å²) in [7, 11) is 3.34. The Bertz CT molecular complexity index is 899. The molecule has 6 nitrogen and oxygen atoms in total. The van der Waals surface area contributed by atoms with E-state index in [-0.39, 0.29) is 29.5 Å². The molecule has 162 valence electrons. The molecule has 0 radical (unpaired) electrons. The van der Waals surface area contributed by atoms with Gasteiger partial charge >= 0.3 is 0 Å². The molecular weight excluding hydrogens is 381 g/mol. The normalized spacial score (nSPS) is 21.3. The van der Waals surface area contributed by atoms with Crippen molar-refractivity contribution in [2.75, 3.05) is 14.1 Å². The topological polar surface area (TPSA) is 97.1 Å². The largest absolute Gasteiger partial charge is 0.400 e. The minimum Gasteiger partial charge on any atom is -0.400 e. The van der Waals surface area contributed by atoms with Gasteiger partial charge in [-0.05, 0) is 56.0 Å². The third-order valence-corrected chi connectivity index (χ3v) is 5.57. The van der Waals surface area contributed by atoms with Gasteiger partial charge in [0.15, 0.2) is 0 Å². The fraction of sp³-hybridized carbons (Fsp3) is 0.435. The number of carbonyl (C=O) groups excluding carboxylic acids is 1. The Morgan fingerprint density at radius 1 is 1.23 bits per heavy atom. The molecular formula is C23H32FN5O. The number of rotatable bonds is 6. The number of benzene rings is 1. The highest BCUT2D eigenvalue weighted by Crippen LogP contribution is 2.33. The van der Waals surface area contributed by atoms with Crippen molar-refractivity contribution in [3.8, 4) is 0 Å². The van der Waals surface area contributed by atoms with Crippen LogP contribution in [0.2, 0.25) is 0 Å². The van der Waals surface area contributed by atoms with Crippen molar-refractivity contribution in [2.45, 2.75) is 52.1 Å². The van der Waals surface area contributed by atoms with Gasteiger partial charge in [-0.25, -0.2) is 4.39 Å². The Morgan fingerprint density at radius 2 is 1.87 bits per heavy atom. The Morgan fingerprint density at radius 3 is 2.37 bits per heavy atom. The first kappa shape index (κ1) is 23.3. The molecule has 1 aromatic carbocycles. The number of nitrogens with zero attached hydrogens (tertiary/aromatic N) is 3. The predicted molar refractivity (Wildman–Crippen MR) is 121 cm³/mol. The summed E-state index contributed by atoms with van der Waals surface area (Å²) in [5.41, 5.74) is 16.6. The molecule has 0 saturated heterocycles. The monoisotopic (exact) mass is 413 g/mol. The molecule has 1 heterocycles. The number of allylic oxidation sites excluding steroid dienone is 1. The number of aliphatic imine (C=N–C) groups is 2. The van der Waals surface area contributed by atoms with Gasteiger partial charge in [0.1, 0.15) is 11.5 Å². The third-order valence-electron chi connectivity index (χ3n) is 5.57. The van der Waals surface area contributed by atoms with Crippen LogP contribution in [0.15, 0.2) is 56.8 Å². The van der Waals surface area contributed by atoms with Gasteiger partial charge in [0.25, 0.3) is 5.91 Å². The van der Waals surface area contributed by atoms with Crippen LogP contribution in [-0.2, 0) is 4.79 Å². The lowest BCUT2D eigenvalue weighted by Gasteiger charge is -2.43. The Balaban J connectivity index is 2.55. The Hall–Kier alpha value is -2.96. The Labute approximate surface area is 178 Å². The molecule has 2 atom stereocenters. The van der Waals surface area contributed by atoms with E-state index < -0.39 is 0 Å². The fourth-order valence-corrected chi connectivity index (χ4v) is 3.97. The molecule has 2 rings (SSSR count). The lowest BCUT2D eigenvalue weighted by atomic mass is 9.85. The van der Waals surface area contributed by atoms with Gasteiger partial charge in [-0.2, -0.15) is 0 Å². The summed E-state index contributed by atoms with van der Waals surface area (Å²) in [6, 6.07) is 5.85. The summed E-state index contributed by atoms with van der Waals surface area (Å²) in [6.45, 7) is 5.80. The average Bonchev–Trinajstić information content (AvgIpc) is 2.75. The molecule has 0 bridgehead atoms. The highest BCUT2D eigenvalue weighted by molar-refractivity contribution is 6.13. The molecule has 0 aromatic heterocycles. The first-order valence-electron chi connectivity index (χ1n) is 10.2. The molecule has 0 spiro atoms. The van der Waals surface area contributed by atoms with Crippen molar-refractivity contribution in [3.05, 3.63) is 58.2 Å².